The van der Waals surface area contributed by atoms with Gasteiger partial charge in [-0.15, -0.1) is 11.3 Å². The molecule has 0 aliphatic rings. The molecule has 1 atom stereocenters. The molecule has 0 spiro atoms. The van der Waals surface area contributed by atoms with Gasteiger partial charge in [0.25, 0.3) is 0 Å². The zero-order chi connectivity index (χ0) is 15.0. The van der Waals surface area contributed by atoms with Crippen LogP contribution in [0.15, 0.2) is 38.9 Å². The van der Waals surface area contributed by atoms with E-state index in [1.54, 1.807) is 11.3 Å². The molecular formula is C15H16BrN3OS. The molecule has 3 rings (SSSR count). The van der Waals surface area contributed by atoms with Gasteiger partial charge >= 0.3 is 5.69 Å². The molecule has 4 nitrogen and oxygen atoms in total. The van der Waals surface area contributed by atoms with Gasteiger partial charge in [0.15, 0.2) is 0 Å². The number of rotatable bonds is 4. The Balaban J connectivity index is 1.99. The molecule has 2 aromatic heterocycles. The predicted octanol–water partition coefficient (Wildman–Crippen LogP) is 4.49. The van der Waals surface area contributed by atoms with Crippen molar-refractivity contribution in [2.45, 2.75) is 19.9 Å². The van der Waals surface area contributed by atoms with E-state index in [2.05, 4.69) is 62.6 Å². The van der Waals surface area contributed by atoms with Gasteiger partial charge < -0.3 is 15.3 Å². The molecule has 6 heteroatoms. The van der Waals surface area contributed by atoms with Crippen LogP contribution in [0.25, 0.3) is 11.0 Å². The maximum absolute atomic E-state index is 11.4. The Morgan fingerprint density at radius 2 is 1.95 bits per heavy atom. The SMILES string of the molecule is CC(C)C(Nc1cc2[nH]c(=O)[nH]c2cc1Br)c1cccs1. The third kappa shape index (κ3) is 2.91. The molecule has 0 fully saturated rings. The van der Waals surface area contributed by atoms with Crippen molar-refractivity contribution in [1.29, 1.82) is 0 Å². The van der Waals surface area contributed by atoms with Crippen molar-refractivity contribution in [3.63, 3.8) is 0 Å². The zero-order valence-corrected chi connectivity index (χ0v) is 14.1. The lowest BCUT2D eigenvalue weighted by molar-refractivity contribution is 0.553. The highest BCUT2D eigenvalue weighted by Gasteiger charge is 2.18. The Kier molecular flexibility index (Phi) is 3.91. The maximum Gasteiger partial charge on any atom is 0.323 e. The third-order valence-electron chi connectivity index (χ3n) is 3.43. The van der Waals surface area contributed by atoms with Crippen molar-refractivity contribution in [2.24, 2.45) is 5.92 Å². The number of nitrogens with one attached hydrogen (secondary N) is 3. The summed E-state index contributed by atoms with van der Waals surface area (Å²) in [5.41, 5.74) is 2.39. The number of thiophene rings is 1. The van der Waals surface area contributed by atoms with Crippen LogP contribution in [0.4, 0.5) is 5.69 Å². The standard InChI is InChI=1S/C15H16BrN3OS/c1-8(2)14(13-4-3-5-21-13)17-10-7-12-11(6-9(10)16)18-15(20)19-12/h3-8,14,17H,1-2H3,(H2,18,19,20). The van der Waals surface area contributed by atoms with Crippen LogP contribution in [0.2, 0.25) is 0 Å². The van der Waals surface area contributed by atoms with Gasteiger partial charge in [0, 0.05) is 9.35 Å². The van der Waals surface area contributed by atoms with Crippen molar-refractivity contribution in [1.82, 2.24) is 9.97 Å². The second kappa shape index (κ2) is 5.69. The van der Waals surface area contributed by atoms with Crippen LogP contribution in [-0.4, -0.2) is 9.97 Å². The fourth-order valence-corrected chi connectivity index (χ4v) is 3.78. The topological polar surface area (TPSA) is 60.7 Å². The zero-order valence-electron chi connectivity index (χ0n) is 11.7. The lowest BCUT2D eigenvalue weighted by atomic mass is 10.0. The van der Waals surface area contributed by atoms with Crippen molar-refractivity contribution in [3.8, 4) is 0 Å². The number of H-pyrrole nitrogens is 2. The van der Waals surface area contributed by atoms with E-state index in [0.717, 1.165) is 21.2 Å². The summed E-state index contributed by atoms with van der Waals surface area (Å²) in [4.78, 5) is 18.2. The average molecular weight is 366 g/mol. The van der Waals surface area contributed by atoms with E-state index >= 15 is 0 Å². The molecule has 3 N–H and O–H groups in total. The van der Waals surface area contributed by atoms with Gasteiger partial charge in [-0.2, -0.15) is 0 Å². The average Bonchev–Trinajstić information content (AvgIpc) is 3.03. The fourth-order valence-electron chi connectivity index (χ4n) is 2.37. The summed E-state index contributed by atoms with van der Waals surface area (Å²) < 4.78 is 0.937. The van der Waals surface area contributed by atoms with E-state index in [0.29, 0.717) is 5.92 Å². The van der Waals surface area contributed by atoms with Crippen LogP contribution in [0, 0.1) is 5.92 Å². The summed E-state index contributed by atoms with van der Waals surface area (Å²) in [6.07, 6.45) is 0. The lowest BCUT2D eigenvalue weighted by Gasteiger charge is -2.23. The van der Waals surface area contributed by atoms with Gasteiger partial charge in [0.1, 0.15) is 0 Å². The summed E-state index contributed by atoms with van der Waals surface area (Å²) >= 11 is 5.32. The van der Waals surface area contributed by atoms with Crippen LogP contribution < -0.4 is 11.0 Å². The monoisotopic (exact) mass is 365 g/mol. The van der Waals surface area contributed by atoms with Gasteiger partial charge in [0.2, 0.25) is 0 Å². The Bertz CT molecular complexity index is 804. The Hall–Kier alpha value is -1.53. The van der Waals surface area contributed by atoms with E-state index in [-0.39, 0.29) is 11.7 Å². The number of hydrogen-bond acceptors (Lipinski definition) is 3. The molecule has 21 heavy (non-hydrogen) atoms. The maximum atomic E-state index is 11.4. The summed E-state index contributed by atoms with van der Waals surface area (Å²) in [6.45, 7) is 4.39. The number of aromatic amines is 2. The molecule has 0 bridgehead atoms. The van der Waals surface area contributed by atoms with E-state index in [1.807, 2.05) is 12.1 Å². The van der Waals surface area contributed by atoms with Crippen molar-refractivity contribution in [3.05, 3.63) is 49.5 Å². The highest BCUT2D eigenvalue weighted by Crippen LogP contribution is 2.34. The van der Waals surface area contributed by atoms with E-state index in [9.17, 15) is 4.79 Å². The van der Waals surface area contributed by atoms with Gasteiger partial charge in [-0.1, -0.05) is 19.9 Å². The highest BCUT2D eigenvalue weighted by atomic mass is 79.9. The molecule has 0 saturated carbocycles. The number of halogens is 1. The number of fused-ring (bicyclic) bond motifs is 1. The minimum atomic E-state index is -0.187. The molecule has 3 aromatic rings. The van der Waals surface area contributed by atoms with Crippen LogP contribution in [0.5, 0.6) is 0 Å². The summed E-state index contributed by atoms with van der Waals surface area (Å²) in [5.74, 6) is 0.455. The van der Waals surface area contributed by atoms with Gasteiger partial charge in [-0.3, -0.25) is 0 Å². The van der Waals surface area contributed by atoms with Crippen LogP contribution in [-0.2, 0) is 0 Å². The molecule has 1 unspecified atom stereocenters. The second-order valence-corrected chi connectivity index (χ2v) is 7.17. The minimum absolute atomic E-state index is 0.187. The number of hydrogen-bond donors (Lipinski definition) is 3. The number of benzene rings is 1. The van der Waals surface area contributed by atoms with Gasteiger partial charge in [0.05, 0.1) is 22.8 Å². The largest absolute Gasteiger partial charge is 0.376 e. The van der Waals surface area contributed by atoms with E-state index in [4.69, 9.17) is 0 Å². The second-order valence-electron chi connectivity index (χ2n) is 5.34. The van der Waals surface area contributed by atoms with Crippen LogP contribution >= 0.6 is 27.3 Å². The Morgan fingerprint density at radius 1 is 1.24 bits per heavy atom. The minimum Gasteiger partial charge on any atom is -0.376 e. The normalized spacial score (nSPS) is 13.0. The predicted molar refractivity (Wildman–Crippen MR) is 92.1 cm³/mol. The van der Waals surface area contributed by atoms with Crippen molar-refractivity contribution >= 4 is 44.0 Å². The molecular weight excluding hydrogens is 350 g/mol. The number of imidazole rings is 1. The smallest absolute Gasteiger partial charge is 0.323 e. The molecule has 0 aliphatic heterocycles. The number of anilines is 1. The molecule has 0 saturated heterocycles. The lowest BCUT2D eigenvalue weighted by Crippen LogP contribution is -2.15. The first-order valence-electron chi connectivity index (χ1n) is 6.76. The first-order chi connectivity index (χ1) is 10.0. The summed E-state index contributed by atoms with van der Waals surface area (Å²) in [5, 5.41) is 5.67. The fraction of sp³-hybridized carbons (Fsp3) is 0.267. The molecule has 0 aliphatic carbocycles. The molecule has 1 aromatic carbocycles. The molecule has 110 valence electrons. The first-order valence-corrected chi connectivity index (χ1v) is 8.43. The van der Waals surface area contributed by atoms with Crippen LogP contribution in [0.3, 0.4) is 0 Å². The molecule has 0 radical (unpaired) electrons. The summed E-state index contributed by atoms with van der Waals surface area (Å²) in [6, 6.07) is 8.33. The van der Waals surface area contributed by atoms with Crippen molar-refractivity contribution < 1.29 is 0 Å². The van der Waals surface area contributed by atoms with Crippen molar-refractivity contribution in [2.75, 3.05) is 5.32 Å². The quantitative estimate of drug-likeness (QED) is 0.637. The van der Waals surface area contributed by atoms with Crippen LogP contribution in [0.1, 0.15) is 24.8 Å². The van der Waals surface area contributed by atoms with E-state index in [1.165, 1.54) is 4.88 Å². The van der Waals surface area contributed by atoms with Gasteiger partial charge in [-0.05, 0) is 45.4 Å². The third-order valence-corrected chi connectivity index (χ3v) is 5.04. The number of aromatic nitrogens is 2. The first kappa shape index (κ1) is 14.4. The Morgan fingerprint density at radius 3 is 2.57 bits per heavy atom. The highest BCUT2D eigenvalue weighted by molar-refractivity contribution is 9.10. The Labute approximate surface area is 134 Å². The molecule has 2 heterocycles. The van der Waals surface area contributed by atoms with Gasteiger partial charge in [-0.25, -0.2) is 4.79 Å². The molecule has 0 amide bonds. The summed E-state index contributed by atoms with van der Waals surface area (Å²) in [7, 11) is 0. The van der Waals surface area contributed by atoms with E-state index < -0.39 is 0 Å².